The molecule has 166 valence electrons. The van der Waals surface area contributed by atoms with E-state index >= 15 is 0 Å². The molecule has 2 amide bonds. The molecule has 0 aromatic heterocycles. The van der Waals surface area contributed by atoms with Crippen LogP contribution in [0.5, 0.6) is 0 Å². The molecule has 32 heavy (non-hydrogen) atoms. The predicted octanol–water partition coefficient (Wildman–Crippen LogP) is 4.80. The molecular formula is C26H26ClFN2O2. The monoisotopic (exact) mass is 452 g/mol. The molecule has 0 aliphatic heterocycles. The zero-order valence-corrected chi connectivity index (χ0v) is 18.7. The molecule has 0 saturated heterocycles. The molecule has 0 heterocycles. The Hall–Kier alpha value is -3.18. The average Bonchev–Trinajstić information content (AvgIpc) is 2.79. The van der Waals surface area contributed by atoms with Gasteiger partial charge in [-0.15, -0.1) is 0 Å². The second-order valence-corrected chi connectivity index (χ2v) is 7.99. The van der Waals surface area contributed by atoms with Crippen molar-refractivity contribution in [3.05, 3.63) is 106 Å². The van der Waals surface area contributed by atoms with Crippen LogP contribution in [0.3, 0.4) is 0 Å². The van der Waals surface area contributed by atoms with E-state index in [1.165, 1.54) is 12.1 Å². The summed E-state index contributed by atoms with van der Waals surface area (Å²) in [4.78, 5) is 28.1. The Labute approximate surface area is 193 Å². The highest BCUT2D eigenvalue weighted by atomic mass is 35.5. The predicted molar refractivity (Wildman–Crippen MR) is 125 cm³/mol. The van der Waals surface area contributed by atoms with Gasteiger partial charge in [-0.25, -0.2) is 4.39 Å². The Morgan fingerprint density at radius 3 is 2.16 bits per heavy atom. The molecular weight excluding hydrogens is 427 g/mol. The Morgan fingerprint density at radius 1 is 0.906 bits per heavy atom. The van der Waals surface area contributed by atoms with Crippen molar-refractivity contribution in [2.24, 2.45) is 0 Å². The molecule has 0 spiro atoms. The van der Waals surface area contributed by atoms with Gasteiger partial charge in [-0.2, -0.15) is 0 Å². The number of hydrogen-bond donors (Lipinski definition) is 1. The molecule has 1 atom stereocenters. The summed E-state index contributed by atoms with van der Waals surface area (Å²) in [6, 6.07) is 21.9. The quantitative estimate of drug-likeness (QED) is 0.507. The number of nitrogens with one attached hydrogen (secondary N) is 1. The van der Waals surface area contributed by atoms with Crippen molar-refractivity contribution in [1.82, 2.24) is 10.2 Å². The summed E-state index contributed by atoms with van der Waals surface area (Å²) < 4.78 is 13.4. The first-order valence-corrected chi connectivity index (χ1v) is 10.9. The van der Waals surface area contributed by atoms with Gasteiger partial charge in [0.25, 0.3) is 0 Å². The lowest BCUT2D eigenvalue weighted by Gasteiger charge is -2.31. The molecule has 1 N–H and O–H groups in total. The minimum Gasteiger partial charge on any atom is -0.355 e. The number of hydrogen-bond acceptors (Lipinski definition) is 2. The van der Waals surface area contributed by atoms with E-state index in [1.54, 1.807) is 41.3 Å². The van der Waals surface area contributed by atoms with E-state index in [9.17, 15) is 14.0 Å². The molecule has 0 bridgehead atoms. The number of benzene rings is 3. The highest BCUT2D eigenvalue weighted by molar-refractivity contribution is 6.30. The van der Waals surface area contributed by atoms with E-state index in [0.29, 0.717) is 18.0 Å². The first-order chi connectivity index (χ1) is 15.5. The zero-order chi connectivity index (χ0) is 22.9. The van der Waals surface area contributed by atoms with Crippen molar-refractivity contribution in [3.8, 4) is 0 Å². The Kier molecular flexibility index (Phi) is 8.40. The number of nitrogens with zero attached hydrogens (tertiary/aromatic N) is 1. The van der Waals surface area contributed by atoms with Gasteiger partial charge >= 0.3 is 0 Å². The largest absolute Gasteiger partial charge is 0.355 e. The van der Waals surface area contributed by atoms with Crippen LogP contribution in [0, 0.1) is 5.82 Å². The van der Waals surface area contributed by atoms with Crippen LogP contribution in [0.25, 0.3) is 0 Å². The van der Waals surface area contributed by atoms with Crippen LogP contribution < -0.4 is 5.32 Å². The van der Waals surface area contributed by atoms with Crippen LogP contribution in [-0.2, 0) is 29.0 Å². The van der Waals surface area contributed by atoms with Crippen LogP contribution in [0.4, 0.5) is 4.39 Å². The summed E-state index contributed by atoms with van der Waals surface area (Å²) in [5, 5.41) is 3.45. The Morgan fingerprint density at radius 2 is 1.53 bits per heavy atom. The molecule has 3 aromatic rings. The number of carbonyl (C=O) groups excluding carboxylic acids is 2. The van der Waals surface area contributed by atoms with E-state index < -0.39 is 6.04 Å². The number of rotatable bonds is 9. The van der Waals surface area contributed by atoms with E-state index in [1.807, 2.05) is 37.3 Å². The Balaban J connectivity index is 1.93. The van der Waals surface area contributed by atoms with Gasteiger partial charge in [0.2, 0.25) is 11.8 Å². The van der Waals surface area contributed by atoms with Gasteiger partial charge in [-0.05, 0) is 47.9 Å². The summed E-state index contributed by atoms with van der Waals surface area (Å²) in [6.07, 6.45) is 0.503. The van der Waals surface area contributed by atoms with Gasteiger partial charge in [0.15, 0.2) is 0 Å². The second-order valence-electron chi connectivity index (χ2n) is 7.55. The average molecular weight is 453 g/mol. The maximum atomic E-state index is 13.4. The highest BCUT2D eigenvalue weighted by Crippen LogP contribution is 2.18. The molecule has 3 aromatic carbocycles. The van der Waals surface area contributed by atoms with Crippen LogP contribution in [-0.4, -0.2) is 29.3 Å². The highest BCUT2D eigenvalue weighted by Gasteiger charge is 2.30. The van der Waals surface area contributed by atoms with Gasteiger partial charge in [0, 0.05) is 24.5 Å². The summed E-state index contributed by atoms with van der Waals surface area (Å²) in [5.41, 5.74) is 2.50. The van der Waals surface area contributed by atoms with E-state index in [0.717, 1.165) is 16.7 Å². The zero-order valence-electron chi connectivity index (χ0n) is 17.9. The molecule has 3 rings (SSSR count). The van der Waals surface area contributed by atoms with Crippen molar-refractivity contribution in [2.45, 2.75) is 32.4 Å². The minimum atomic E-state index is -0.706. The number of amides is 2. The molecule has 6 heteroatoms. The van der Waals surface area contributed by atoms with E-state index in [2.05, 4.69) is 5.32 Å². The van der Waals surface area contributed by atoms with Crippen molar-refractivity contribution < 1.29 is 14.0 Å². The van der Waals surface area contributed by atoms with Crippen LogP contribution in [0.15, 0.2) is 78.9 Å². The van der Waals surface area contributed by atoms with E-state index in [4.69, 9.17) is 11.6 Å². The number of carbonyl (C=O) groups is 2. The fourth-order valence-electron chi connectivity index (χ4n) is 3.51. The van der Waals surface area contributed by atoms with Crippen LogP contribution in [0.2, 0.25) is 5.02 Å². The summed E-state index contributed by atoms with van der Waals surface area (Å²) in [6.45, 7) is 2.50. The number of likely N-dealkylation sites (N-methyl/N-ethyl adjacent to an activating group) is 1. The van der Waals surface area contributed by atoms with Crippen molar-refractivity contribution in [3.63, 3.8) is 0 Å². The van der Waals surface area contributed by atoms with Crippen molar-refractivity contribution >= 4 is 23.4 Å². The first kappa shape index (κ1) is 23.5. The third-order valence-corrected chi connectivity index (χ3v) is 5.41. The number of halogens is 2. The lowest BCUT2D eigenvalue weighted by Crippen LogP contribution is -2.50. The molecule has 4 nitrogen and oxygen atoms in total. The summed E-state index contributed by atoms with van der Waals surface area (Å²) >= 11 is 5.97. The van der Waals surface area contributed by atoms with Crippen LogP contribution >= 0.6 is 11.6 Å². The van der Waals surface area contributed by atoms with Gasteiger partial charge in [0.05, 0.1) is 6.42 Å². The smallest absolute Gasteiger partial charge is 0.243 e. The fourth-order valence-corrected chi connectivity index (χ4v) is 3.64. The summed E-state index contributed by atoms with van der Waals surface area (Å²) in [5.74, 6) is -0.760. The third-order valence-electron chi connectivity index (χ3n) is 5.16. The summed E-state index contributed by atoms with van der Waals surface area (Å²) in [7, 11) is 0. The standard InChI is InChI=1S/C26H26ClFN2O2/c1-2-29-26(32)24(16-19-6-4-3-5-7-19)30(18-21-10-14-23(28)15-11-21)25(31)17-20-8-12-22(27)13-9-20/h3-15,24H,2,16-18H2,1H3,(H,29,32). The normalized spacial score (nSPS) is 11.6. The Bertz CT molecular complexity index is 1020. The molecule has 0 aliphatic rings. The lowest BCUT2D eigenvalue weighted by molar-refractivity contribution is -0.140. The third kappa shape index (κ3) is 6.66. The van der Waals surface area contributed by atoms with E-state index in [-0.39, 0.29) is 30.6 Å². The van der Waals surface area contributed by atoms with Crippen molar-refractivity contribution in [1.29, 1.82) is 0 Å². The molecule has 0 saturated carbocycles. The molecule has 0 aliphatic carbocycles. The maximum Gasteiger partial charge on any atom is 0.243 e. The first-order valence-electron chi connectivity index (χ1n) is 10.6. The van der Waals surface area contributed by atoms with Gasteiger partial charge < -0.3 is 10.2 Å². The van der Waals surface area contributed by atoms with Gasteiger partial charge in [-0.1, -0.05) is 66.2 Å². The minimum absolute atomic E-state index is 0.128. The van der Waals surface area contributed by atoms with Gasteiger partial charge in [-0.3, -0.25) is 9.59 Å². The molecule has 0 radical (unpaired) electrons. The maximum absolute atomic E-state index is 13.4. The van der Waals surface area contributed by atoms with Crippen molar-refractivity contribution in [2.75, 3.05) is 6.54 Å². The fraction of sp³-hybridized carbons (Fsp3) is 0.231. The van der Waals surface area contributed by atoms with Gasteiger partial charge in [0.1, 0.15) is 11.9 Å². The topological polar surface area (TPSA) is 49.4 Å². The second kappa shape index (κ2) is 11.4. The van der Waals surface area contributed by atoms with Crippen LogP contribution in [0.1, 0.15) is 23.6 Å². The molecule has 0 fully saturated rings. The SMILES string of the molecule is CCNC(=O)C(Cc1ccccc1)N(Cc1ccc(F)cc1)C(=O)Cc1ccc(Cl)cc1. The lowest BCUT2D eigenvalue weighted by atomic mass is 10.0. The molecule has 1 unspecified atom stereocenters.